The number of anilines is 6. The van der Waals surface area contributed by atoms with Crippen molar-refractivity contribution >= 4 is 68.0 Å². The lowest BCUT2D eigenvalue weighted by molar-refractivity contribution is 0.248. The Bertz CT molecular complexity index is 3120. The number of benzene rings is 2. The summed E-state index contributed by atoms with van der Waals surface area (Å²) in [7, 11) is 3.62. The molecule has 0 aliphatic carbocycles. The summed E-state index contributed by atoms with van der Waals surface area (Å²) in [5.41, 5.74) is 18.9. The number of aryl methyl sites for hydroxylation is 2. The maximum absolute atomic E-state index is 15.3. The Labute approximate surface area is 399 Å². The molecule has 2 aromatic carbocycles. The quantitative estimate of drug-likeness (QED) is 0.0686. The Hall–Kier alpha value is -8.82. The van der Waals surface area contributed by atoms with Crippen LogP contribution in [-0.4, -0.2) is 77.9 Å². The fraction of sp³-hybridized carbons (Fsp3) is 0.250. The zero-order valence-corrected chi connectivity index (χ0v) is 39.0. The van der Waals surface area contributed by atoms with Crippen LogP contribution in [0.3, 0.4) is 0 Å². The van der Waals surface area contributed by atoms with Gasteiger partial charge >= 0.3 is 12.1 Å². The first-order valence-corrected chi connectivity index (χ1v) is 22.2. The second-order valence-electron chi connectivity index (χ2n) is 16.9. The molecule has 0 radical (unpaired) electrons. The van der Waals surface area contributed by atoms with E-state index < -0.39 is 23.7 Å². The minimum atomic E-state index is -0.551. The molecule has 0 saturated heterocycles. The van der Waals surface area contributed by atoms with Gasteiger partial charge in [0.2, 0.25) is 11.8 Å². The number of nitrogens with zero attached hydrogens (tertiary/aromatic N) is 8. The van der Waals surface area contributed by atoms with Crippen LogP contribution in [0, 0.1) is 25.5 Å². The smallest absolute Gasteiger partial charge is 0.320 e. The number of amides is 4. The summed E-state index contributed by atoms with van der Waals surface area (Å²) in [6.45, 7) is 9.80. The fourth-order valence-electron chi connectivity index (χ4n) is 8.30. The molecule has 0 bridgehead atoms. The van der Waals surface area contributed by atoms with Crippen molar-refractivity contribution in [1.82, 2.24) is 50.1 Å². The average molecular weight is 953 g/mol. The van der Waals surface area contributed by atoms with Gasteiger partial charge in [0.25, 0.3) is 0 Å². The summed E-state index contributed by atoms with van der Waals surface area (Å²) in [6.07, 6.45) is 13.1. The fourth-order valence-corrected chi connectivity index (χ4v) is 8.30. The lowest BCUT2D eigenvalue weighted by Crippen LogP contribution is -2.31. The number of nitrogen functional groups attached to an aromatic ring is 2. The molecule has 22 heteroatoms. The van der Waals surface area contributed by atoms with Crippen LogP contribution in [0.15, 0.2) is 73.8 Å². The van der Waals surface area contributed by atoms with Gasteiger partial charge in [-0.25, -0.2) is 38.3 Å². The summed E-state index contributed by atoms with van der Waals surface area (Å²) in [5, 5.41) is 28.1. The van der Waals surface area contributed by atoms with Gasteiger partial charge in [0, 0.05) is 109 Å². The molecule has 360 valence electrons. The third kappa shape index (κ3) is 9.25. The third-order valence-corrected chi connectivity index (χ3v) is 12.1. The number of hydrogen-bond donors (Lipinski definition) is 8. The number of carbonyl (C=O) groups is 2. The number of pyridine rings is 4. The van der Waals surface area contributed by atoms with E-state index in [1.54, 1.807) is 58.4 Å². The second kappa shape index (κ2) is 19.1. The van der Waals surface area contributed by atoms with E-state index in [1.165, 1.54) is 12.4 Å². The zero-order chi connectivity index (χ0) is 49.4. The van der Waals surface area contributed by atoms with Gasteiger partial charge in [0.15, 0.2) is 11.6 Å². The van der Waals surface area contributed by atoms with E-state index in [0.717, 1.165) is 33.6 Å². The molecule has 8 aromatic rings. The summed E-state index contributed by atoms with van der Waals surface area (Å²) in [4.78, 5) is 42.2. The highest BCUT2D eigenvalue weighted by Gasteiger charge is 2.24. The van der Waals surface area contributed by atoms with Gasteiger partial charge in [0.1, 0.15) is 36.2 Å². The highest BCUT2D eigenvalue weighted by atomic mass is 19.1. The molecule has 10 N–H and O–H groups in total. The summed E-state index contributed by atoms with van der Waals surface area (Å²) >= 11 is 0. The SMILES string of the molecule is Cc1c(-c2cc3cc(NC(=O)N[C@@H](C)c4cnn(C)c4)ncc3c(N)c2F)cnc2c1NCCO2.Cc1c(-c2cc3cc(NC(=O)N[C@H](C)c4cnn(C)c4)ncc3c(N)c2F)cnc2c1NCCO2. The summed E-state index contributed by atoms with van der Waals surface area (Å²) in [6, 6.07) is 5.33. The van der Waals surface area contributed by atoms with Gasteiger partial charge in [-0.05, 0) is 73.9 Å². The van der Waals surface area contributed by atoms with Crippen LogP contribution in [0.4, 0.5) is 52.8 Å². The lowest BCUT2D eigenvalue weighted by Gasteiger charge is -2.22. The normalized spacial score (nSPS) is 13.5. The monoisotopic (exact) mass is 952 g/mol. The van der Waals surface area contributed by atoms with Gasteiger partial charge in [0.05, 0.1) is 35.9 Å². The molecule has 8 heterocycles. The van der Waals surface area contributed by atoms with E-state index in [0.29, 0.717) is 93.5 Å². The number of ether oxygens (including phenoxy) is 2. The molecule has 2 atom stereocenters. The topological polar surface area (TPSA) is 264 Å². The molecule has 0 fully saturated rings. The highest BCUT2D eigenvalue weighted by Crippen LogP contribution is 2.41. The Morgan fingerprint density at radius 2 is 1.04 bits per heavy atom. The van der Waals surface area contributed by atoms with Crippen molar-refractivity contribution in [2.24, 2.45) is 14.1 Å². The van der Waals surface area contributed by atoms with Crippen LogP contribution in [0.25, 0.3) is 43.8 Å². The van der Waals surface area contributed by atoms with Gasteiger partial charge in [-0.3, -0.25) is 20.0 Å². The van der Waals surface area contributed by atoms with Crippen LogP contribution in [0.2, 0.25) is 0 Å². The summed E-state index contributed by atoms with van der Waals surface area (Å²) < 4.78 is 45.1. The van der Waals surface area contributed by atoms with Crippen LogP contribution in [0.1, 0.15) is 48.2 Å². The van der Waals surface area contributed by atoms with E-state index in [9.17, 15) is 9.59 Å². The molecule has 0 spiro atoms. The Kier molecular flexibility index (Phi) is 12.6. The Morgan fingerprint density at radius 1 is 0.629 bits per heavy atom. The number of hydrogen-bond acceptors (Lipinski definition) is 14. The van der Waals surface area contributed by atoms with E-state index in [2.05, 4.69) is 62.0 Å². The van der Waals surface area contributed by atoms with E-state index in [1.807, 2.05) is 54.2 Å². The van der Waals surface area contributed by atoms with Crippen molar-refractivity contribution in [3.05, 3.63) is 108 Å². The largest absolute Gasteiger partial charge is 0.474 e. The van der Waals surface area contributed by atoms with E-state index in [-0.39, 0.29) is 23.5 Å². The van der Waals surface area contributed by atoms with Gasteiger partial charge in [-0.15, -0.1) is 0 Å². The Morgan fingerprint density at radius 3 is 1.43 bits per heavy atom. The van der Waals surface area contributed by atoms with Gasteiger partial charge in [-0.1, -0.05) is 0 Å². The number of carbonyl (C=O) groups excluding carboxylic acids is 2. The van der Waals surface area contributed by atoms with Crippen molar-refractivity contribution in [3.8, 4) is 34.0 Å². The molecule has 0 saturated carbocycles. The van der Waals surface area contributed by atoms with Gasteiger partial charge in [-0.2, -0.15) is 10.2 Å². The molecule has 2 aliphatic heterocycles. The number of aromatic nitrogens is 8. The zero-order valence-electron chi connectivity index (χ0n) is 39.0. The molecule has 4 amide bonds. The molecule has 0 unspecified atom stereocenters. The van der Waals surface area contributed by atoms with E-state index >= 15 is 8.78 Å². The number of nitrogens with two attached hydrogens (primary N) is 2. The molecule has 20 nitrogen and oxygen atoms in total. The van der Waals surface area contributed by atoms with Crippen molar-refractivity contribution in [3.63, 3.8) is 0 Å². The number of fused-ring (bicyclic) bond motifs is 4. The first kappa shape index (κ1) is 46.3. The van der Waals surface area contributed by atoms with Crippen molar-refractivity contribution in [2.75, 3.05) is 59.0 Å². The number of halogens is 2. The standard InChI is InChI=1S/2C24H25FN8O2/c2*1-12-17(9-29-23-22(12)27-4-5-35-23)16-6-14-7-19(28-10-18(14)21(26)20(16)25)32-24(34)31-13(2)15-8-30-33(3)11-15/h2*6-11,13,27H,4-5,26H2,1-3H3,(H2,28,31,32,34)/t2*13-/m10/s1. The van der Waals surface area contributed by atoms with E-state index in [4.69, 9.17) is 20.9 Å². The van der Waals surface area contributed by atoms with Crippen LogP contribution < -0.4 is 52.8 Å². The first-order chi connectivity index (χ1) is 33.6. The van der Waals surface area contributed by atoms with Crippen LogP contribution >= 0.6 is 0 Å². The van der Waals surface area contributed by atoms with Gasteiger partial charge < -0.3 is 42.2 Å². The summed E-state index contributed by atoms with van der Waals surface area (Å²) in [5.74, 6) is 0.499. The second-order valence-corrected chi connectivity index (χ2v) is 16.9. The van der Waals surface area contributed by atoms with Crippen molar-refractivity contribution < 1.29 is 27.8 Å². The van der Waals surface area contributed by atoms with Crippen molar-refractivity contribution in [1.29, 1.82) is 0 Å². The third-order valence-electron chi connectivity index (χ3n) is 12.1. The minimum Gasteiger partial charge on any atom is -0.474 e. The molecule has 2 aliphatic rings. The Balaban J connectivity index is 0.000000174. The molecule has 6 aromatic heterocycles. The molecule has 10 rings (SSSR count). The predicted octanol–water partition coefficient (Wildman–Crippen LogP) is 7.49. The minimum absolute atomic E-state index is 0.0208. The maximum Gasteiger partial charge on any atom is 0.320 e. The van der Waals surface area contributed by atoms with Crippen LogP contribution in [0.5, 0.6) is 11.8 Å². The van der Waals surface area contributed by atoms with Crippen LogP contribution in [-0.2, 0) is 14.1 Å². The highest BCUT2D eigenvalue weighted by molar-refractivity contribution is 6.01. The van der Waals surface area contributed by atoms with Crippen molar-refractivity contribution in [2.45, 2.75) is 39.8 Å². The predicted molar refractivity (Wildman–Crippen MR) is 264 cm³/mol. The average Bonchev–Trinajstić information content (AvgIpc) is 4.00. The molecular formula is C48H50F2N16O4. The number of rotatable bonds is 8. The molecular weight excluding hydrogens is 903 g/mol. The maximum atomic E-state index is 15.3. The number of nitrogens with one attached hydrogen (secondary N) is 6. The molecule has 70 heavy (non-hydrogen) atoms. The number of urea groups is 2. The lowest BCUT2D eigenvalue weighted by atomic mass is 9.97. The first-order valence-electron chi connectivity index (χ1n) is 22.2.